The smallest absolute Gasteiger partial charge is 0.258 e. The van der Waals surface area contributed by atoms with Crippen LogP contribution in [0.5, 0.6) is 5.75 Å². The van der Waals surface area contributed by atoms with Gasteiger partial charge in [0.15, 0.2) is 0 Å². The van der Waals surface area contributed by atoms with Gasteiger partial charge in [-0.1, -0.05) is 18.2 Å². The number of pyridine rings is 2. The zero-order valence-corrected chi connectivity index (χ0v) is 13.4. The topological polar surface area (TPSA) is 84.2 Å². The first-order chi connectivity index (χ1) is 11.5. The van der Waals surface area contributed by atoms with E-state index in [1.807, 2.05) is 13.0 Å². The third-order valence-electron chi connectivity index (χ3n) is 3.86. The van der Waals surface area contributed by atoms with Gasteiger partial charge in [-0.25, -0.2) is 4.98 Å². The molecule has 0 spiro atoms. The summed E-state index contributed by atoms with van der Waals surface area (Å²) in [6, 6.07) is 12.3. The second kappa shape index (κ2) is 6.16. The van der Waals surface area contributed by atoms with E-state index in [9.17, 15) is 14.7 Å². The summed E-state index contributed by atoms with van der Waals surface area (Å²) in [6.45, 7) is 1.82. The number of anilines is 1. The second-order valence-corrected chi connectivity index (χ2v) is 5.60. The van der Waals surface area contributed by atoms with Crippen LogP contribution in [-0.2, 0) is 18.3 Å². The average molecular weight is 323 g/mol. The Morgan fingerprint density at radius 2 is 1.96 bits per heavy atom. The molecule has 0 saturated carbocycles. The van der Waals surface area contributed by atoms with Crippen molar-refractivity contribution in [3.05, 3.63) is 64.1 Å². The maximum Gasteiger partial charge on any atom is 0.258 e. The normalized spacial score (nSPS) is 10.8. The highest BCUT2D eigenvalue weighted by atomic mass is 16.3. The van der Waals surface area contributed by atoms with Gasteiger partial charge in [-0.2, -0.15) is 0 Å². The van der Waals surface area contributed by atoms with E-state index >= 15 is 0 Å². The van der Waals surface area contributed by atoms with Crippen molar-refractivity contribution in [2.75, 3.05) is 5.32 Å². The van der Waals surface area contributed by atoms with Crippen molar-refractivity contribution in [3.8, 4) is 5.75 Å². The van der Waals surface area contributed by atoms with E-state index in [2.05, 4.69) is 10.3 Å². The quantitative estimate of drug-likeness (QED) is 0.773. The molecule has 2 aromatic heterocycles. The van der Waals surface area contributed by atoms with E-state index < -0.39 is 11.5 Å². The molecule has 0 unspecified atom stereocenters. The molecule has 0 radical (unpaired) electrons. The van der Waals surface area contributed by atoms with Crippen LogP contribution < -0.4 is 10.9 Å². The van der Waals surface area contributed by atoms with Crippen molar-refractivity contribution in [2.45, 2.75) is 13.3 Å². The number of hydrogen-bond donors (Lipinski definition) is 2. The molecule has 0 aliphatic rings. The fourth-order valence-corrected chi connectivity index (χ4v) is 2.66. The van der Waals surface area contributed by atoms with Gasteiger partial charge in [0.1, 0.15) is 11.6 Å². The number of para-hydroxylation sites is 1. The van der Waals surface area contributed by atoms with Crippen molar-refractivity contribution >= 4 is 22.6 Å². The molecule has 0 aliphatic heterocycles. The summed E-state index contributed by atoms with van der Waals surface area (Å²) in [6.07, 6.45) is -0.223. The minimum atomic E-state index is -0.407. The molecule has 2 heterocycles. The van der Waals surface area contributed by atoms with Gasteiger partial charge < -0.3 is 15.0 Å². The summed E-state index contributed by atoms with van der Waals surface area (Å²) in [5.41, 5.74) is 1.07. The van der Waals surface area contributed by atoms with Crippen molar-refractivity contribution in [1.29, 1.82) is 0 Å². The third-order valence-corrected chi connectivity index (χ3v) is 3.86. The standard InChI is InChI=1S/C18H17N3O3/c1-11-6-5-9-15(19-11)20-16(22)10-13-17(23)12-7-3-4-8-14(12)21(2)18(13)24/h3-9,23H,10H2,1-2H3,(H,19,20,22). The number of carbonyl (C=O) groups excluding carboxylic acids is 1. The minimum Gasteiger partial charge on any atom is -0.507 e. The first kappa shape index (κ1) is 15.7. The Morgan fingerprint density at radius 3 is 2.71 bits per heavy atom. The number of nitrogens with zero attached hydrogens (tertiary/aromatic N) is 2. The minimum absolute atomic E-state index is 0.0707. The Labute approximate surface area is 138 Å². The van der Waals surface area contributed by atoms with Crippen molar-refractivity contribution < 1.29 is 9.90 Å². The summed E-state index contributed by atoms with van der Waals surface area (Å²) in [5.74, 6) is -0.145. The number of rotatable bonds is 3. The number of carbonyl (C=O) groups is 1. The molecule has 122 valence electrons. The van der Waals surface area contributed by atoms with Crippen LogP contribution in [-0.4, -0.2) is 20.6 Å². The van der Waals surface area contributed by atoms with Crippen LogP contribution in [0.15, 0.2) is 47.3 Å². The van der Waals surface area contributed by atoms with Gasteiger partial charge in [-0.05, 0) is 31.2 Å². The SMILES string of the molecule is Cc1cccc(NC(=O)Cc2c(O)c3ccccc3n(C)c2=O)n1. The van der Waals surface area contributed by atoms with Crippen molar-refractivity contribution in [2.24, 2.45) is 7.05 Å². The highest BCUT2D eigenvalue weighted by Crippen LogP contribution is 2.26. The predicted octanol–water partition coefficient (Wildman–Crippen LogP) is 2.13. The largest absolute Gasteiger partial charge is 0.507 e. The number of amides is 1. The van der Waals surface area contributed by atoms with Crippen LogP contribution in [0.3, 0.4) is 0 Å². The Bertz CT molecular complexity index is 992. The van der Waals surface area contributed by atoms with E-state index in [1.165, 1.54) is 4.57 Å². The zero-order chi connectivity index (χ0) is 17.3. The van der Waals surface area contributed by atoms with E-state index in [0.29, 0.717) is 16.7 Å². The number of aromatic nitrogens is 2. The molecule has 0 fully saturated rings. The highest BCUT2D eigenvalue weighted by molar-refractivity contribution is 5.94. The van der Waals surface area contributed by atoms with Crippen molar-refractivity contribution in [3.63, 3.8) is 0 Å². The Morgan fingerprint density at radius 1 is 1.21 bits per heavy atom. The van der Waals surface area contributed by atoms with E-state index in [-0.39, 0.29) is 17.7 Å². The molecule has 6 heteroatoms. The van der Waals surface area contributed by atoms with Gasteiger partial charge in [0.05, 0.1) is 17.5 Å². The summed E-state index contributed by atoms with van der Waals surface area (Å²) in [5, 5.41) is 13.6. The maximum absolute atomic E-state index is 12.5. The number of aryl methyl sites for hydroxylation is 2. The number of fused-ring (bicyclic) bond motifs is 1. The van der Waals surface area contributed by atoms with Crippen LogP contribution in [0.25, 0.3) is 10.9 Å². The highest BCUT2D eigenvalue weighted by Gasteiger charge is 2.17. The van der Waals surface area contributed by atoms with Gasteiger partial charge in [0.2, 0.25) is 5.91 Å². The van der Waals surface area contributed by atoms with Gasteiger partial charge in [0, 0.05) is 18.1 Å². The maximum atomic E-state index is 12.5. The second-order valence-electron chi connectivity index (χ2n) is 5.60. The number of nitrogens with one attached hydrogen (secondary N) is 1. The Balaban J connectivity index is 1.95. The van der Waals surface area contributed by atoms with Gasteiger partial charge in [0.25, 0.3) is 5.56 Å². The lowest BCUT2D eigenvalue weighted by atomic mass is 10.1. The van der Waals surface area contributed by atoms with Gasteiger partial charge in [-0.15, -0.1) is 0 Å². The average Bonchev–Trinajstić information content (AvgIpc) is 2.57. The molecular formula is C18H17N3O3. The molecular weight excluding hydrogens is 306 g/mol. The molecule has 0 saturated heterocycles. The zero-order valence-electron chi connectivity index (χ0n) is 13.4. The molecule has 6 nitrogen and oxygen atoms in total. The number of aromatic hydroxyl groups is 1. The summed E-state index contributed by atoms with van der Waals surface area (Å²) >= 11 is 0. The third kappa shape index (κ3) is 2.86. The summed E-state index contributed by atoms with van der Waals surface area (Å²) in [7, 11) is 1.62. The molecule has 0 atom stereocenters. The van der Waals surface area contributed by atoms with Crippen LogP contribution >= 0.6 is 0 Å². The Kier molecular flexibility index (Phi) is 4.04. The molecule has 0 bridgehead atoms. The monoisotopic (exact) mass is 323 g/mol. The van der Waals surface area contributed by atoms with Crippen LogP contribution in [0.1, 0.15) is 11.3 Å². The van der Waals surface area contributed by atoms with Gasteiger partial charge in [-0.3, -0.25) is 9.59 Å². The molecule has 1 amide bonds. The van der Waals surface area contributed by atoms with Gasteiger partial charge >= 0.3 is 0 Å². The van der Waals surface area contributed by atoms with E-state index in [1.54, 1.807) is 43.4 Å². The lowest BCUT2D eigenvalue weighted by Crippen LogP contribution is -2.26. The van der Waals surface area contributed by atoms with Crippen molar-refractivity contribution in [1.82, 2.24) is 9.55 Å². The molecule has 0 aliphatic carbocycles. The molecule has 24 heavy (non-hydrogen) atoms. The lowest BCUT2D eigenvalue weighted by molar-refractivity contribution is -0.115. The predicted molar refractivity (Wildman–Crippen MR) is 92.2 cm³/mol. The lowest BCUT2D eigenvalue weighted by Gasteiger charge is -2.11. The molecule has 2 N–H and O–H groups in total. The molecule has 3 rings (SSSR count). The van der Waals surface area contributed by atoms with Crippen LogP contribution in [0, 0.1) is 6.92 Å². The Hall–Kier alpha value is -3.15. The van der Waals surface area contributed by atoms with Crippen LogP contribution in [0.4, 0.5) is 5.82 Å². The molecule has 3 aromatic rings. The van der Waals surface area contributed by atoms with E-state index in [4.69, 9.17) is 0 Å². The first-order valence-corrected chi connectivity index (χ1v) is 7.50. The fraction of sp³-hybridized carbons (Fsp3) is 0.167. The summed E-state index contributed by atoms with van der Waals surface area (Å²) < 4.78 is 1.43. The number of hydrogen-bond acceptors (Lipinski definition) is 4. The number of benzene rings is 1. The fourth-order valence-electron chi connectivity index (χ4n) is 2.66. The van der Waals surface area contributed by atoms with Crippen LogP contribution in [0.2, 0.25) is 0 Å². The first-order valence-electron chi connectivity index (χ1n) is 7.50. The summed E-state index contributed by atoms with van der Waals surface area (Å²) in [4.78, 5) is 28.9. The molecule has 1 aromatic carbocycles. The van der Waals surface area contributed by atoms with E-state index in [0.717, 1.165) is 5.69 Å².